The lowest BCUT2D eigenvalue weighted by atomic mass is 10.2. The molecule has 0 atom stereocenters. The van der Waals surface area contributed by atoms with E-state index in [0.717, 1.165) is 43.8 Å². The van der Waals surface area contributed by atoms with Crippen molar-refractivity contribution in [1.82, 2.24) is 4.37 Å². The van der Waals surface area contributed by atoms with Crippen molar-refractivity contribution in [2.75, 3.05) is 23.7 Å². The van der Waals surface area contributed by atoms with E-state index in [1.807, 2.05) is 0 Å². The molecule has 1 aromatic heterocycles. The molecule has 0 radical (unpaired) electrons. The highest BCUT2D eigenvalue weighted by Gasteiger charge is 2.21. The van der Waals surface area contributed by atoms with Gasteiger partial charge < -0.3 is 16.4 Å². The summed E-state index contributed by atoms with van der Waals surface area (Å²) in [5.74, 6) is -0.241. The van der Waals surface area contributed by atoms with Gasteiger partial charge in [0, 0.05) is 13.1 Å². The zero-order chi connectivity index (χ0) is 13.5. The highest BCUT2D eigenvalue weighted by Crippen LogP contribution is 2.30. The summed E-state index contributed by atoms with van der Waals surface area (Å²) >= 11 is 1.26. The van der Waals surface area contributed by atoms with Gasteiger partial charge in [0.2, 0.25) is 0 Å². The molecule has 0 unspecified atom stereocenters. The van der Waals surface area contributed by atoms with Crippen LogP contribution in [-0.4, -0.2) is 23.4 Å². The Morgan fingerprint density at radius 1 is 1.28 bits per heavy atom. The Balaban J connectivity index is 2.92. The Bertz CT molecular complexity index is 383. The largest absolute Gasteiger partial charge is 0.382 e. The highest BCUT2D eigenvalue weighted by molar-refractivity contribution is 7.11. The van der Waals surface area contributed by atoms with Crippen molar-refractivity contribution >= 4 is 28.3 Å². The second-order valence-corrected chi connectivity index (χ2v) is 5.06. The van der Waals surface area contributed by atoms with E-state index < -0.39 is 5.91 Å². The number of carbonyl (C=O) groups is 1. The molecule has 6 heteroatoms. The lowest BCUT2D eigenvalue weighted by molar-refractivity contribution is 0.100. The van der Waals surface area contributed by atoms with Crippen LogP contribution in [0.5, 0.6) is 0 Å². The average molecular weight is 270 g/mol. The molecule has 4 N–H and O–H groups in total. The van der Waals surface area contributed by atoms with Gasteiger partial charge in [-0.25, -0.2) is 0 Å². The van der Waals surface area contributed by atoms with Crippen molar-refractivity contribution in [2.45, 2.75) is 39.5 Å². The predicted molar refractivity (Wildman–Crippen MR) is 77.1 cm³/mol. The maximum absolute atomic E-state index is 11.4. The summed E-state index contributed by atoms with van der Waals surface area (Å²) in [7, 11) is 0. The summed E-state index contributed by atoms with van der Waals surface area (Å²) in [6.45, 7) is 6.12. The minimum Gasteiger partial charge on any atom is -0.382 e. The molecule has 0 aliphatic rings. The summed E-state index contributed by atoms with van der Waals surface area (Å²) in [5, 5.41) is 0.821. The Kier molecular flexibility index (Phi) is 5.91. The second kappa shape index (κ2) is 7.20. The van der Waals surface area contributed by atoms with Crippen LogP contribution in [0, 0.1) is 0 Å². The van der Waals surface area contributed by atoms with Crippen LogP contribution in [0.25, 0.3) is 0 Å². The van der Waals surface area contributed by atoms with Gasteiger partial charge in [0.1, 0.15) is 10.6 Å². The van der Waals surface area contributed by atoms with Gasteiger partial charge in [-0.15, -0.1) is 0 Å². The number of rotatable bonds is 8. The zero-order valence-corrected chi connectivity index (χ0v) is 11.9. The number of nitrogens with zero attached hydrogens (tertiary/aromatic N) is 2. The molecule has 0 bridgehead atoms. The van der Waals surface area contributed by atoms with Gasteiger partial charge in [-0.2, -0.15) is 4.37 Å². The minimum atomic E-state index is -0.491. The standard InChI is InChI=1S/C12H22N4OS/c1-3-5-7-16(8-6-4-2)12-9(11(14)17)10(13)15-18-12/h3-8H2,1-2H3,(H2,13,15)(H2,14,17). The van der Waals surface area contributed by atoms with Crippen LogP contribution in [0.1, 0.15) is 49.9 Å². The van der Waals surface area contributed by atoms with E-state index in [1.54, 1.807) is 0 Å². The van der Waals surface area contributed by atoms with E-state index in [4.69, 9.17) is 11.5 Å². The summed E-state index contributed by atoms with van der Waals surface area (Å²) in [4.78, 5) is 13.6. The Labute approximate surface area is 112 Å². The van der Waals surface area contributed by atoms with Crippen LogP contribution in [0.3, 0.4) is 0 Å². The molecule has 0 aromatic carbocycles. The summed E-state index contributed by atoms with van der Waals surface area (Å²) in [6.07, 6.45) is 4.39. The van der Waals surface area contributed by atoms with Crippen molar-refractivity contribution in [3.8, 4) is 0 Å². The molecule has 1 heterocycles. The Hall–Kier alpha value is -1.30. The number of anilines is 2. The maximum atomic E-state index is 11.4. The van der Waals surface area contributed by atoms with Crippen molar-refractivity contribution in [1.29, 1.82) is 0 Å². The van der Waals surface area contributed by atoms with Gasteiger partial charge >= 0.3 is 0 Å². The van der Waals surface area contributed by atoms with Crippen LogP contribution < -0.4 is 16.4 Å². The van der Waals surface area contributed by atoms with Gasteiger partial charge in [-0.3, -0.25) is 4.79 Å². The summed E-state index contributed by atoms with van der Waals surface area (Å²) < 4.78 is 4.05. The van der Waals surface area contributed by atoms with Crippen LogP contribution in [0.4, 0.5) is 10.8 Å². The van der Waals surface area contributed by atoms with Crippen LogP contribution >= 0.6 is 11.5 Å². The number of primary amides is 1. The van der Waals surface area contributed by atoms with E-state index >= 15 is 0 Å². The number of amides is 1. The molecule has 102 valence electrons. The van der Waals surface area contributed by atoms with E-state index in [2.05, 4.69) is 23.1 Å². The molecule has 0 saturated carbocycles. The van der Waals surface area contributed by atoms with Gasteiger partial charge in [0.15, 0.2) is 5.82 Å². The van der Waals surface area contributed by atoms with E-state index in [0.29, 0.717) is 5.56 Å². The van der Waals surface area contributed by atoms with Crippen molar-refractivity contribution in [2.24, 2.45) is 5.73 Å². The van der Waals surface area contributed by atoms with Crippen molar-refractivity contribution < 1.29 is 4.79 Å². The van der Waals surface area contributed by atoms with Gasteiger partial charge in [-0.05, 0) is 24.4 Å². The van der Waals surface area contributed by atoms with Crippen LogP contribution in [0.15, 0.2) is 0 Å². The quantitative estimate of drug-likeness (QED) is 0.758. The fourth-order valence-electron chi connectivity index (χ4n) is 1.75. The van der Waals surface area contributed by atoms with Gasteiger partial charge in [0.05, 0.1) is 0 Å². The molecule has 0 aliphatic heterocycles. The summed E-state index contributed by atoms with van der Waals surface area (Å²) in [6, 6.07) is 0. The minimum absolute atomic E-state index is 0.250. The number of aromatic nitrogens is 1. The number of unbranched alkanes of at least 4 members (excludes halogenated alkanes) is 2. The predicted octanol–water partition coefficient (Wildman–Crippen LogP) is 2.23. The first-order valence-electron chi connectivity index (χ1n) is 6.41. The SMILES string of the molecule is CCCCN(CCCC)c1snc(N)c1C(N)=O. The first kappa shape index (κ1) is 14.8. The maximum Gasteiger partial charge on any atom is 0.255 e. The Morgan fingerprint density at radius 2 is 1.83 bits per heavy atom. The molecule has 18 heavy (non-hydrogen) atoms. The lowest BCUT2D eigenvalue weighted by Crippen LogP contribution is -2.27. The third kappa shape index (κ3) is 3.60. The molecule has 0 fully saturated rings. The fourth-order valence-corrected chi connectivity index (χ4v) is 2.62. The second-order valence-electron chi connectivity index (χ2n) is 4.31. The molecule has 0 aliphatic carbocycles. The first-order valence-corrected chi connectivity index (χ1v) is 7.19. The molecule has 1 aromatic rings. The number of carbonyl (C=O) groups excluding carboxylic acids is 1. The third-order valence-electron chi connectivity index (χ3n) is 2.80. The van der Waals surface area contributed by atoms with E-state index in [1.165, 1.54) is 11.5 Å². The molecule has 1 rings (SSSR count). The highest BCUT2D eigenvalue weighted by atomic mass is 32.1. The normalized spacial score (nSPS) is 10.6. The molecular formula is C12H22N4OS. The topological polar surface area (TPSA) is 85.2 Å². The Morgan fingerprint density at radius 3 is 2.28 bits per heavy atom. The molecule has 0 saturated heterocycles. The average Bonchev–Trinajstić information content (AvgIpc) is 2.71. The summed E-state index contributed by atoms with van der Waals surface area (Å²) in [5.41, 5.74) is 11.5. The van der Waals surface area contributed by atoms with Crippen LogP contribution in [-0.2, 0) is 0 Å². The molecule has 5 nitrogen and oxygen atoms in total. The monoisotopic (exact) mass is 270 g/mol. The van der Waals surface area contributed by atoms with E-state index in [9.17, 15) is 4.79 Å². The van der Waals surface area contributed by atoms with Gasteiger partial charge in [0.25, 0.3) is 5.91 Å². The fraction of sp³-hybridized carbons (Fsp3) is 0.667. The zero-order valence-electron chi connectivity index (χ0n) is 11.1. The van der Waals surface area contributed by atoms with Crippen molar-refractivity contribution in [3.63, 3.8) is 0 Å². The smallest absolute Gasteiger partial charge is 0.255 e. The van der Waals surface area contributed by atoms with Crippen molar-refractivity contribution in [3.05, 3.63) is 5.56 Å². The number of nitrogens with two attached hydrogens (primary N) is 2. The van der Waals surface area contributed by atoms with Gasteiger partial charge in [-0.1, -0.05) is 26.7 Å². The molecule has 0 spiro atoms. The lowest BCUT2D eigenvalue weighted by Gasteiger charge is -2.23. The number of nitrogen functional groups attached to an aromatic ring is 1. The number of hydrogen-bond donors (Lipinski definition) is 2. The van der Waals surface area contributed by atoms with Crippen LogP contribution in [0.2, 0.25) is 0 Å². The molecule has 1 amide bonds. The third-order valence-corrected chi connectivity index (χ3v) is 3.72. The first-order chi connectivity index (χ1) is 8.61. The molecular weight excluding hydrogens is 248 g/mol. The number of hydrogen-bond acceptors (Lipinski definition) is 5. The van der Waals surface area contributed by atoms with E-state index in [-0.39, 0.29) is 5.82 Å².